The van der Waals surface area contributed by atoms with Crippen molar-refractivity contribution in [1.82, 2.24) is 19.8 Å². The number of nitrogens with two attached hydrogens (primary N) is 1. The molecule has 22 heavy (non-hydrogen) atoms. The molecule has 0 aliphatic carbocycles. The van der Waals surface area contributed by atoms with Gasteiger partial charge in [0.25, 0.3) is 0 Å². The molecule has 0 spiro atoms. The zero-order chi connectivity index (χ0) is 15.5. The summed E-state index contributed by atoms with van der Waals surface area (Å²) in [5, 5.41) is 0.328. The number of rotatable bonds is 1. The van der Waals surface area contributed by atoms with Gasteiger partial charge in [-0.1, -0.05) is 11.6 Å². The van der Waals surface area contributed by atoms with Gasteiger partial charge in [0, 0.05) is 45.3 Å². The van der Waals surface area contributed by atoms with E-state index in [0.717, 1.165) is 0 Å². The minimum Gasteiger partial charge on any atom is -0.378 e. The second-order valence-corrected chi connectivity index (χ2v) is 5.65. The second-order valence-electron chi connectivity index (χ2n) is 5.26. The average molecular weight is 327 g/mol. The highest BCUT2D eigenvalue weighted by Gasteiger charge is 2.27. The molecule has 0 unspecified atom stereocenters. The molecular weight excluding hydrogens is 308 g/mol. The van der Waals surface area contributed by atoms with Gasteiger partial charge in [0.15, 0.2) is 0 Å². The Hall–Kier alpha value is -1.80. The summed E-state index contributed by atoms with van der Waals surface area (Å²) in [7, 11) is 0. The third kappa shape index (κ3) is 3.33. The zero-order valence-electron chi connectivity index (χ0n) is 12.2. The first-order valence-corrected chi connectivity index (χ1v) is 7.68. The molecule has 9 heteroatoms. The standard InChI is InChI=1S/C13H19ClN6O2/c14-10-9-11(17-12(15)16-10)18-1-3-19(4-2-18)13(21)20-5-7-22-8-6-20/h9H,1-8H2,(H2,15,16,17). The number of anilines is 2. The van der Waals surface area contributed by atoms with Gasteiger partial charge in [-0.05, 0) is 0 Å². The minimum absolute atomic E-state index is 0.0863. The first-order valence-electron chi connectivity index (χ1n) is 7.30. The molecule has 2 fully saturated rings. The maximum atomic E-state index is 12.4. The summed E-state index contributed by atoms with van der Waals surface area (Å²) in [5.41, 5.74) is 5.62. The summed E-state index contributed by atoms with van der Waals surface area (Å²) in [6.07, 6.45) is 0. The monoisotopic (exact) mass is 326 g/mol. The fraction of sp³-hybridized carbons (Fsp3) is 0.615. The summed E-state index contributed by atoms with van der Waals surface area (Å²) < 4.78 is 5.28. The van der Waals surface area contributed by atoms with Crippen LogP contribution in [0.2, 0.25) is 5.15 Å². The molecule has 2 aliphatic rings. The van der Waals surface area contributed by atoms with E-state index in [1.165, 1.54) is 0 Å². The number of urea groups is 1. The third-order valence-electron chi connectivity index (χ3n) is 3.85. The van der Waals surface area contributed by atoms with Crippen LogP contribution in [0.3, 0.4) is 0 Å². The van der Waals surface area contributed by atoms with Crippen molar-refractivity contribution in [2.75, 3.05) is 63.1 Å². The Labute approximate surface area is 133 Å². The topological polar surface area (TPSA) is 87.8 Å². The largest absolute Gasteiger partial charge is 0.378 e. The fourth-order valence-corrected chi connectivity index (χ4v) is 2.85. The molecule has 2 aliphatic heterocycles. The Balaban J connectivity index is 1.58. The number of piperazine rings is 1. The molecule has 2 N–H and O–H groups in total. The Bertz CT molecular complexity index is 523. The van der Waals surface area contributed by atoms with Crippen molar-refractivity contribution in [3.8, 4) is 0 Å². The summed E-state index contributed by atoms with van der Waals surface area (Å²) in [4.78, 5) is 26.2. The van der Waals surface area contributed by atoms with E-state index in [1.807, 2.05) is 9.80 Å². The number of nitrogen functional groups attached to an aromatic ring is 1. The van der Waals surface area contributed by atoms with Gasteiger partial charge in [0.1, 0.15) is 11.0 Å². The predicted octanol–water partition coefficient (Wildman–Crippen LogP) is 0.286. The minimum atomic E-state index is 0.0863. The Morgan fingerprint density at radius 1 is 1.09 bits per heavy atom. The van der Waals surface area contributed by atoms with Gasteiger partial charge < -0.3 is 25.2 Å². The van der Waals surface area contributed by atoms with Gasteiger partial charge >= 0.3 is 6.03 Å². The molecule has 1 aromatic heterocycles. The summed E-state index contributed by atoms with van der Waals surface area (Å²) in [6.45, 7) is 5.25. The number of nitrogens with zero attached hydrogens (tertiary/aromatic N) is 5. The molecule has 2 saturated heterocycles. The molecule has 3 rings (SSSR count). The lowest BCUT2D eigenvalue weighted by Gasteiger charge is -2.38. The van der Waals surface area contributed by atoms with Crippen LogP contribution in [-0.2, 0) is 4.74 Å². The highest BCUT2D eigenvalue weighted by molar-refractivity contribution is 6.29. The smallest absolute Gasteiger partial charge is 0.320 e. The van der Waals surface area contributed by atoms with E-state index in [0.29, 0.717) is 63.5 Å². The number of amides is 2. The Kier molecular flexibility index (Phi) is 4.49. The van der Waals surface area contributed by atoms with E-state index in [4.69, 9.17) is 22.1 Å². The maximum absolute atomic E-state index is 12.4. The molecule has 0 radical (unpaired) electrons. The van der Waals surface area contributed by atoms with Crippen molar-refractivity contribution in [1.29, 1.82) is 0 Å². The average Bonchev–Trinajstić information content (AvgIpc) is 2.54. The van der Waals surface area contributed by atoms with E-state index in [-0.39, 0.29) is 12.0 Å². The Morgan fingerprint density at radius 3 is 2.36 bits per heavy atom. The van der Waals surface area contributed by atoms with Gasteiger partial charge in [-0.15, -0.1) is 0 Å². The molecule has 0 bridgehead atoms. The van der Waals surface area contributed by atoms with Crippen LogP contribution in [0.1, 0.15) is 0 Å². The molecule has 0 saturated carbocycles. The van der Waals surface area contributed by atoms with Gasteiger partial charge in [0.05, 0.1) is 13.2 Å². The lowest BCUT2D eigenvalue weighted by Crippen LogP contribution is -2.55. The number of carbonyl (C=O) groups excluding carboxylic acids is 1. The molecule has 2 amide bonds. The van der Waals surface area contributed by atoms with Crippen molar-refractivity contribution >= 4 is 29.4 Å². The molecular formula is C13H19ClN6O2. The third-order valence-corrected chi connectivity index (χ3v) is 4.05. The van der Waals surface area contributed by atoms with Gasteiger partial charge in [-0.25, -0.2) is 9.78 Å². The first-order chi connectivity index (χ1) is 10.6. The van der Waals surface area contributed by atoms with Crippen LogP contribution >= 0.6 is 11.6 Å². The SMILES string of the molecule is Nc1nc(Cl)cc(N2CCN(C(=O)N3CCOCC3)CC2)n1. The lowest BCUT2D eigenvalue weighted by atomic mass is 10.3. The molecule has 0 atom stereocenters. The van der Waals surface area contributed by atoms with Crippen LogP contribution in [0.5, 0.6) is 0 Å². The van der Waals surface area contributed by atoms with Crippen molar-refractivity contribution in [2.45, 2.75) is 0 Å². The van der Waals surface area contributed by atoms with E-state index < -0.39 is 0 Å². The highest BCUT2D eigenvalue weighted by Crippen LogP contribution is 2.19. The van der Waals surface area contributed by atoms with Crippen LogP contribution in [0.4, 0.5) is 16.6 Å². The van der Waals surface area contributed by atoms with Crippen LogP contribution in [0.25, 0.3) is 0 Å². The lowest BCUT2D eigenvalue weighted by molar-refractivity contribution is 0.0428. The van der Waals surface area contributed by atoms with E-state index in [2.05, 4.69) is 14.9 Å². The number of ether oxygens (including phenoxy) is 1. The van der Waals surface area contributed by atoms with Crippen molar-refractivity contribution < 1.29 is 9.53 Å². The fourth-order valence-electron chi connectivity index (χ4n) is 2.67. The van der Waals surface area contributed by atoms with Gasteiger partial charge in [-0.2, -0.15) is 4.98 Å². The number of halogens is 1. The Morgan fingerprint density at radius 2 is 1.73 bits per heavy atom. The van der Waals surface area contributed by atoms with Gasteiger partial charge in [-0.3, -0.25) is 0 Å². The van der Waals surface area contributed by atoms with Crippen molar-refractivity contribution in [3.05, 3.63) is 11.2 Å². The predicted molar refractivity (Wildman–Crippen MR) is 83.0 cm³/mol. The zero-order valence-corrected chi connectivity index (χ0v) is 13.0. The quantitative estimate of drug-likeness (QED) is 0.746. The molecule has 1 aromatic rings. The normalized spacial score (nSPS) is 19.4. The molecule has 8 nitrogen and oxygen atoms in total. The van der Waals surface area contributed by atoms with Crippen LogP contribution in [0.15, 0.2) is 6.07 Å². The first kappa shape index (κ1) is 15.1. The van der Waals surface area contributed by atoms with Gasteiger partial charge in [0.2, 0.25) is 5.95 Å². The van der Waals surface area contributed by atoms with E-state index in [9.17, 15) is 4.79 Å². The van der Waals surface area contributed by atoms with Crippen LogP contribution in [0, 0.1) is 0 Å². The van der Waals surface area contributed by atoms with E-state index >= 15 is 0 Å². The summed E-state index contributed by atoms with van der Waals surface area (Å²) in [6, 6.07) is 1.78. The van der Waals surface area contributed by atoms with E-state index in [1.54, 1.807) is 6.07 Å². The second kappa shape index (κ2) is 6.53. The number of morpholine rings is 1. The summed E-state index contributed by atoms with van der Waals surface area (Å²) >= 11 is 5.91. The molecule has 3 heterocycles. The number of aromatic nitrogens is 2. The van der Waals surface area contributed by atoms with Crippen molar-refractivity contribution in [3.63, 3.8) is 0 Å². The summed E-state index contributed by atoms with van der Waals surface area (Å²) in [5.74, 6) is 0.866. The number of hydrogen-bond donors (Lipinski definition) is 1. The molecule has 120 valence electrons. The van der Waals surface area contributed by atoms with Crippen LogP contribution < -0.4 is 10.6 Å². The highest BCUT2D eigenvalue weighted by atomic mass is 35.5. The molecule has 0 aromatic carbocycles. The maximum Gasteiger partial charge on any atom is 0.320 e. The van der Waals surface area contributed by atoms with Crippen LogP contribution in [-0.4, -0.2) is 78.3 Å². The number of carbonyl (C=O) groups is 1. The number of hydrogen-bond acceptors (Lipinski definition) is 6. The van der Waals surface area contributed by atoms with Crippen molar-refractivity contribution in [2.24, 2.45) is 0 Å².